The number of hydrogen-bond acceptors (Lipinski definition) is 9. The lowest BCUT2D eigenvalue weighted by Crippen LogP contribution is -2.31. The van der Waals surface area contributed by atoms with Crippen LogP contribution in [0.4, 0.5) is 11.6 Å². The van der Waals surface area contributed by atoms with E-state index in [2.05, 4.69) is 20.4 Å². The van der Waals surface area contributed by atoms with Crippen LogP contribution < -0.4 is 15.6 Å². The lowest BCUT2D eigenvalue weighted by molar-refractivity contribution is -0.125. The van der Waals surface area contributed by atoms with Crippen molar-refractivity contribution in [1.82, 2.24) is 19.7 Å². The van der Waals surface area contributed by atoms with Crippen LogP contribution in [0.15, 0.2) is 70.4 Å². The number of carbonyl (C=O) groups is 1. The van der Waals surface area contributed by atoms with Crippen LogP contribution in [0, 0.1) is 5.92 Å². The van der Waals surface area contributed by atoms with Crippen molar-refractivity contribution >= 4 is 29.0 Å². The van der Waals surface area contributed by atoms with E-state index >= 15 is 0 Å². The van der Waals surface area contributed by atoms with Crippen LogP contribution in [0.25, 0.3) is 0 Å². The fourth-order valence-electron chi connectivity index (χ4n) is 4.03. The molecule has 1 N–H and O–H groups in total. The zero-order chi connectivity index (χ0) is 25.6. The minimum Gasteiger partial charge on any atom is -0.436 e. The summed E-state index contributed by atoms with van der Waals surface area (Å²) in [6.45, 7) is 1.27. The lowest BCUT2D eigenvalue weighted by atomic mass is 9.92. The first-order valence-electron chi connectivity index (χ1n) is 11.8. The monoisotopic (exact) mass is 521 g/mol. The largest absolute Gasteiger partial charge is 0.436 e. The molecule has 4 heterocycles. The molecule has 1 saturated heterocycles. The fraction of sp³-hybridized carbons (Fsp3) is 0.269. The highest BCUT2D eigenvalue weighted by molar-refractivity contribution is 6.30. The van der Waals surface area contributed by atoms with Crippen LogP contribution in [0.5, 0.6) is 11.6 Å². The van der Waals surface area contributed by atoms with Gasteiger partial charge in [-0.15, -0.1) is 0 Å². The van der Waals surface area contributed by atoms with Gasteiger partial charge >= 0.3 is 0 Å². The maximum absolute atomic E-state index is 13.5. The molecule has 0 radical (unpaired) electrons. The Hall–Kier alpha value is -4.02. The summed E-state index contributed by atoms with van der Waals surface area (Å²) in [4.78, 5) is 35.2. The molecule has 190 valence electrons. The molecule has 4 aromatic rings. The van der Waals surface area contributed by atoms with E-state index in [1.54, 1.807) is 42.5 Å². The molecular weight excluding hydrogens is 498 g/mol. The maximum Gasteiger partial charge on any atom is 0.259 e. The van der Waals surface area contributed by atoms with Gasteiger partial charge in [-0.1, -0.05) is 11.6 Å². The van der Waals surface area contributed by atoms with Crippen molar-refractivity contribution in [3.05, 3.63) is 87.8 Å². The normalized spacial score (nSPS) is 13.9. The van der Waals surface area contributed by atoms with E-state index in [1.165, 1.54) is 23.2 Å². The molecule has 0 amide bonds. The predicted octanol–water partition coefficient (Wildman–Crippen LogP) is 4.40. The van der Waals surface area contributed by atoms with Crippen LogP contribution in [0.3, 0.4) is 0 Å². The highest BCUT2D eigenvalue weighted by atomic mass is 35.5. The molecule has 0 bridgehead atoms. The second-order valence-corrected chi connectivity index (χ2v) is 9.02. The van der Waals surface area contributed by atoms with E-state index in [9.17, 15) is 9.59 Å². The molecule has 0 unspecified atom stereocenters. The van der Waals surface area contributed by atoms with Gasteiger partial charge in [0.25, 0.3) is 11.4 Å². The highest BCUT2D eigenvalue weighted by Gasteiger charge is 2.23. The molecule has 0 aliphatic carbocycles. The second-order valence-electron chi connectivity index (χ2n) is 8.58. The number of nitrogens with zero attached hydrogens (tertiary/aromatic N) is 4. The molecule has 3 aromatic heterocycles. The third kappa shape index (κ3) is 6.22. The Kier molecular flexibility index (Phi) is 7.57. The van der Waals surface area contributed by atoms with Gasteiger partial charge in [-0.2, -0.15) is 0 Å². The zero-order valence-corrected chi connectivity index (χ0v) is 20.6. The number of hydrogen-bond donors (Lipinski definition) is 1. The number of nitrogens with one attached hydrogen (secondary N) is 1. The Morgan fingerprint density at radius 1 is 1.08 bits per heavy atom. The van der Waals surface area contributed by atoms with Gasteiger partial charge in [-0.3, -0.25) is 19.1 Å². The van der Waals surface area contributed by atoms with Crippen molar-refractivity contribution in [2.45, 2.75) is 25.8 Å². The number of ketones is 1. The standard InChI is InChI=1S/C26H24ClN5O5/c27-19-1-2-21(28-15-19)16-32-25(34)18(13-23(33)17-7-10-35-11-8-17)14-29-26(32)30-20-3-5-22(6-4-20)37-24-9-12-36-31-24/h1-6,9,12,14-15,17H,7-8,10-11,13,16H2,(H,29,30). The van der Waals surface area contributed by atoms with Gasteiger partial charge in [0.15, 0.2) is 0 Å². The summed E-state index contributed by atoms with van der Waals surface area (Å²) in [5.41, 5.74) is 1.34. The summed E-state index contributed by atoms with van der Waals surface area (Å²) in [5.74, 6) is 1.15. The summed E-state index contributed by atoms with van der Waals surface area (Å²) in [6.07, 6.45) is 5.78. The third-order valence-electron chi connectivity index (χ3n) is 6.02. The molecule has 0 saturated carbocycles. The zero-order valence-electron chi connectivity index (χ0n) is 19.8. The average Bonchev–Trinajstić information content (AvgIpc) is 3.43. The minimum absolute atomic E-state index is 0.0267. The SMILES string of the molecule is O=C(Cc1cnc(Nc2ccc(Oc3ccon3)cc2)n(Cc2ccc(Cl)cn2)c1=O)C1CCOCC1. The molecule has 1 aliphatic rings. The van der Waals surface area contributed by atoms with Crippen molar-refractivity contribution in [3.8, 4) is 11.6 Å². The Morgan fingerprint density at radius 3 is 2.59 bits per heavy atom. The van der Waals surface area contributed by atoms with Crippen LogP contribution in [0.1, 0.15) is 24.1 Å². The number of anilines is 2. The maximum atomic E-state index is 13.5. The topological polar surface area (TPSA) is 121 Å². The minimum atomic E-state index is -0.305. The van der Waals surface area contributed by atoms with Crippen LogP contribution in [-0.2, 0) is 22.5 Å². The van der Waals surface area contributed by atoms with Crippen LogP contribution in [-0.4, -0.2) is 38.7 Å². The Bertz CT molecular complexity index is 1400. The molecule has 0 atom stereocenters. The van der Waals surface area contributed by atoms with Crippen molar-refractivity contribution in [2.24, 2.45) is 5.92 Å². The highest BCUT2D eigenvalue weighted by Crippen LogP contribution is 2.23. The molecule has 1 aliphatic heterocycles. The fourth-order valence-corrected chi connectivity index (χ4v) is 4.14. The quantitative estimate of drug-likeness (QED) is 0.341. The number of pyridine rings is 1. The van der Waals surface area contributed by atoms with E-state index in [-0.39, 0.29) is 30.2 Å². The van der Waals surface area contributed by atoms with E-state index < -0.39 is 0 Å². The number of ether oxygens (including phenoxy) is 2. The lowest BCUT2D eigenvalue weighted by Gasteiger charge is -2.21. The summed E-state index contributed by atoms with van der Waals surface area (Å²) < 4.78 is 17.2. The smallest absolute Gasteiger partial charge is 0.259 e. The number of benzene rings is 1. The number of aromatic nitrogens is 4. The number of Topliss-reactive ketones (excluding diaryl/α,β-unsaturated/α-hetero) is 1. The van der Waals surface area contributed by atoms with Crippen molar-refractivity contribution in [3.63, 3.8) is 0 Å². The summed E-state index contributed by atoms with van der Waals surface area (Å²) in [5, 5.41) is 7.40. The van der Waals surface area contributed by atoms with Crippen molar-refractivity contribution in [1.29, 1.82) is 0 Å². The molecule has 1 aromatic carbocycles. The molecule has 11 heteroatoms. The van der Waals surface area contributed by atoms with E-state index in [0.29, 0.717) is 65.6 Å². The molecule has 5 rings (SSSR count). The summed E-state index contributed by atoms with van der Waals surface area (Å²) in [7, 11) is 0. The predicted molar refractivity (Wildman–Crippen MR) is 135 cm³/mol. The van der Waals surface area contributed by atoms with Gasteiger partial charge in [-0.25, -0.2) is 4.98 Å². The van der Waals surface area contributed by atoms with Gasteiger partial charge in [0, 0.05) is 55.3 Å². The van der Waals surface area contributed by atoms with Crippen LogP contribution in [0.2, 0.25) is 5.02 Å². The molecule has 10 nitrogen and oxygen atoms in total. The number of rotatable bonds is 9. The third-order valence-corrected chi connectivity index (χ3v) is 6.24. The van der Waals surface area contributed by atoms with Crippen molar-refractivity contribution < 1.29 is 18.8 Å². The molecule has 1 fully saturated rings. The first-order valence-corrected chi connectivity index (χ1v) is 12.2. The van der Waals surface area contributed by atoms with Gasteiger partial charge in [-0.05, 0) is 54.4 Å². The van der Waals surface area contributed by atoms with Gasteiger partial charge in [0.1, 0.15) is 17.8 Å². The second kappa shape index (κ2) is 11.4. The first kappa shape index (κ1) is 24.7. The average molecular weight is 522 g/mol. The molecular formula is C26H24ClN5O5. The van der Waals surface area contributed by atoms with Crippen molar-refractivity contribution in [2.75, 3.05) is 18.5 Å². The van der Waals surface area contributed by atoms with E-state index in [0.717, 1.165) is 0 Å². The number of halogens is 1. The number of carbonyl (C=O) groups excluding carboxylic acids is 1. The van der Waals surface area contributed by atoms with E-state index in [1.807, 2.05) is 0 Å². The van der Waals surface area contributed by atoms with Gasteiger partial charge in [0.05, 0.1) is 17.3 Å². The Morgan fingerprint density at radius 2 is 1.89 bits per heavy atom. The van der Waals surface area contributed by atoms with Gasteiger partial charge < -0.3 is 19.3 Å². The Balaban J connectivity index is 1.40. The summed E-state index contributed by atoms with van der Waals surface area (Å²) >= 11 is 5.98. The van der Waals surface area contributed by atoms with Gasteiger partial charge in [0.2, 0.25) is 5.95 Å². The van der Waals surface area contributed by atoms with E-state index in [4.69, 9.17) is 25.6 Å². The molecule has 0 spiro atoms. The first-order chi connectivity index (χ1) is 18.0. The summed E-state index contributed by atoms with van der Waals surface area (Å²) in [6, 6.07) is 12.1. The molecule has 37 heavy (non-hydrogen) atoms. The van der Waals surface area contributed by atoms with Crippen LogP contribution >= 0.6 is 11.6 Å². The Labute approximate surface area is 217 Å².